The molecule has 7 heteroatoms. The molecule has 170 valence electrons. The lowest BCUT2D eigenvalue weighted by Gasteiger charge is -2.39. The zero-order valence-corrected chi connectivity index (χ0v) is 18.8. The van der Waals surface area contributed by atoms with E-state index in [1.807, 2.05) is 45.0 Å². The van der Waals surface area contributed by atoms with Crippen LogP contribution in [0.5, 0.6) is 11.5 Å². The molecule has 2 aliphatic heterocycles. The maximum atomic E-state index is 12.7. The van der Waals surface area contributed by atoms with Crippen LogP contribution in [0.4, 0.5) is 4.79 Å². The molecule has 2 unspecified atom stereocenters. The fourth-order valence-electron chi connectivity index (χ4n) is 4.34. The van der Waals surface area contributed by atoms with E-state index in [4.69, 9.17) is 9.47 Å². The number of carbonyl (C=O) groups excluding carboxylic acids is 2. The first-order valence-electron chi connectivity index (χ1n) is 11.0. The lowest BCUT2D eigenvalue weighted by molar-refractivity contribution is 0.0111. The minimum Gasteiger partial charge on any atom is -0.508 e. The number of hydrogen-bond donors (Lipinski definition) is 2. The third-order valence-electron chi connectivity index (χ3n) is 5.94. The van der Waals surface area contributed by atoms with E-state index in [1.54, 1.807) is 23.1 Å². The van der Waals surface area contributed by atoms with Gasteiger partial charge in [-0.15, -0.1) is 0 Å². The second kappa shape index (κ2) is 8.73. The molecule has 2 aromatic carbocycles. The van der Waals surface area contributed by atoms with E-state index in [0.717, 1.165) is 17.5 Å². The molecule has 2 atom stereocenters. The van der Waals surface area contributed by atoms with Crippen molar-refractivity contribution in [3.8, 4) is 11.5 Å². The van der Waals surface area contributed by atoms with Crippen molar-refractivity contribution in [1.82, 2.24) is 10.2 Å². The summed E-state index contributed by atoms with van der Waals surface area (Å²) < 4.78 is 11.7. The van der Waals surface area contributed by atoms with Crippen molar-refractivity contribution in [2.45, 2.75) is 45.3 Å². The molecular formula is C25H30N2O5. The van der Waals surface area contributed by atoms with E-state index in [0.29, 0.717) is 37.6 Å². The quantitative estimate of drug-likeness (QED) is 0.752. The summed E-state index contributed by atoms with van der Waals surface area (Å²) in [7, 11) is 0. The minimum atomic E-state index is -0.554. The highest BCUT2D eigenvalue weighted by Crippen LogP contribution is 2.35. The van der Waals surface area contributed by atoms with Crippen molar-refractivity contribution in [3.63, 3.8) is 0 Å². The van der Waals surface area contributed by atoms with E-state index >= 15 is 0 Å². The largest absolute Gasteiger partial charge is 0.508 e. The number of ether oxygens (including phenoxy) is 2. The van der Waals surface area contributed by atoms with Gasteiger partial charge in [-0.3, -0.25) is 4.79 Å². The Hall–Kier alpha value is -3.22. The molecule has 4 rings (SSSR count). The van der Waals surface area contributed by atoms with E-state index in [1.165, 1.54) is 0 Å². The predicted octanol–water partition coefficient (Wildman–Crippen LogP) is 4.06. The summed E-state index contributed by atoms with van der Waals surface area (Å²) in [6.45, 7) is 7.62. The van der Waals surface area contributed by atoms with Gasteiger partial charge in [0, 0.05) is 31.1 Å². The van der Waals surface area contributed by atoms with Crippen LogP contribution in [-0.4, -0.2) is 47.3 Å². The molecule has 2 amide bonds. The number of fused-ring (bicyclic) bond motifs is 1. The summed E-state index contributed by atoms with van der Waals surface area (Å²) in [5.74, 6) is 0.986. The summed E-state index contributed by atoms with van der Waals surface area (Å²) >= 11 is 0. The number of rotatable bonds is 4. The molecule has 0 bridgehead atoms. The van der Waals surface area contributed by atoms with Crippen molar-refractivity contribution in [2.24, 2.45) is 5.92 Å². The molecule has 1 saturated heterocycles. The molecule has 0 saturated carbocycles. The molecule has 2 N–H and O–H groups in total. The Kier molecular flexibility index (Phi) is 6.00. The second-order valence-electron chi connectivity index (χ2n) is 9.49. The number of benzene rings is 2. The first kappa shape index (κ1) is 22.0. The summed E-state index contributed by atoms with van der Waals surface area (Å²) in [4.78, 5) is 26.4. The van der Waals surface area contributed by atoms with Gasteiger partial charge >= 0.3 is 6.09 Å². The number of phenols is 1. The Morgan fingerprint density at radius 1 is 1.19 bits per heavy atom. The van der Waals surface area contributed by atoms with Crippen molar-refractivity contribution in [1.29, 1.82) is 0 Å². The summed E-state index contributed by atoms with van der Waals surface area (Å²) in [5, 5.41) is 12.5. The topological polar surface area (TPSA) is 88.1 Å². The zero-order chi connectivity index (χ0) is 22.9. The number of nitrogens with zero attached hydrogens (tertiary/aromatic N) is 1. The molecule has 32 heavy (non-hydrogen) atoms. The van der Waals surface area contributed by atoms with Crippen LogP contribution in [0.15, 0.2) is 42.5 Å². The predicted molar refractivity (Wildman–Crippen MR) is 120 cm³/mol. The molecule has 0 spiro atoms. The number of aromatic hydroxyl groups is 1. The van der Waals surface area contributed by atoms with Gasteiger partial charge in [0.05, 0.1) is 6.61 Å². The highest BCUT2D eigenvalue weighted by Gasteiger charge is 2.35. The van der Waals surface area contributed by atoms with Gasteiger partial charge in [0.1, 0.15) is 17.1 Å². The van der Waals surface area contributed by atoms with E-state index in [9.17, 15) is 14.7 Å². The normalized spacial score (nSPS) is 20.5. The number of carbonyl (C=O) groups is 2. The van der Waals surface area contributed by atoms with Crippen LogP contribution in [0.3, 0.4) is 0 Å². The number of nitrogens with one attached hydrogen (secondary N) is 1. The summed E-state index contributed by atoms with van der Waals surface area (Å²) in [6, 6.07) is 12.8. The minimum absolute atomic E-state index is 0.0305. The van der Waals surface area contributed by atoms with E-state index in [-0.39, 0.29) is 29.6 Å². The maximum Gasteiger partial charge on any atom is 0.410 e. The van der Waals surface area contributed by atoms with Crippen LogP contribution in [0.2, 0.25) is 0 Å². The van der Waals surface area contributed by atoms with Crippen LogP contribution in [0, 0.1) is 5.92 Å². The molecule has 7 nitrogen and oxygen atoms in total. The van der Waals surface area contributed by atoms with Gasteiger partial charge in [-0.2, -0.15) is 0 Å². The maximum absolute atomic E-state index is 12.7. The lowest BCUT2D eigenvalue weighted by Crippen LogP contribution is -2.46. The number of amides is 2. The van der Waals surface area contributed by atoms with E-state index in [2.05, 4.69) is 5.32 Å². The fourth-order valence-corrected chi connectivity index (χ4v) is 4.34. The Morgan fingerprint density at radius 3 is 2.66 bits per heavy atom. The van der Waals surface area contributed by atoms with Gasteiger partial charge in [-0.05, 0) is 68.5 Å². The molecule has 1 fully saturated rings. The van der Waals surface area contributed by atoms with Gasteiger partial charge in [0.15, 0.2) is 0 Å². The number of hydrogen-bond acceptors (Lipinski definition) is 5. The van der Waals surface area contributed by atoms with Gasteiger partial charge in [0.2, 0.25) is 0 Å². The third-order valence-corrected chi connectivity index (χ3v) is 5.94. The SMILES string of the molecule is CC(C)(C)OC(=O)N1CCC(c2ccc(O)cc2)C(COc2ccc3c(c2)C(=O)NC3)C1. The highest BCUT2D eigenvalue weighted by molar-refractivity contribution is 5.98. The molecule has 2 aromatic rings. The van der Waals surface area contributed by atoms with Crippen LogP contribution in [-0.2, 0) is 11.3 Å². The van der Waals surface area contributed by atoms with Crippen LogP contribution < -0.4 is 10.1 Å². The van der Waals surface area contributed by atoms with Gasteiger partial charge in [0.25, 0.3) is 5.91 Å². The third kappa shape index (κ3) is 4.98. The number of likely N-dealkylation sites (tertiary alicyclic amines) is 1. The van der Waals surface area contributed by atoms with Crippen LogP contribution >= 0.6 is 0 Å². The molecule has 0 aromatic heterocycles. The van der Waals surface area contributed by atoms with Crippen molar-refractivity contribution >= 4 is 12.0 Å². The average Bonchev–Trinajstić information content (AvgIpc) is 3.12. The summed E-state index contributed by atoms with van der Waals surface area (Å²) in [6.07, 6.45) is 0.450. The zero-order valence-electron chi connectivity index (χ0n) is 18.8. The average molecular weight is 439 g/mol. The van der Waals surface area contributed by atoms with Gasteiger partial charge in [-0.1, -0.05) is 18.2 Å². The van der Waals surface area contributed by atoms with Gasteiger partial charge < -0.3 is 24.8 Å². The number of phenolic OH excluding ortho intramolecular Hbond substituents is 1. The fraction of sp³-hybridized carbons (Fsp3) is 0.440. The molecule has 2 aliphatic rings. The first-order chi connectivity index (χ1) is 15.2. The Morgan fingerprint density at radius 2 is 1.94 bits per heavy atom. The highest BCUT2D eigenvalue weighted by atomic mass is 16.6. The Labute approximate surface area is 188 Å². The lowest BCUT2D eigenvalue weighted by atomic mass is 9.81. The molecule has 0 aliphatic carbocycles. The molecule has 0 radical (unpaired) electrons. The molecule has 2 heterocycles. The number of piperidine rings is 1. The van der Waals surface area contributed by atoms with E-state index < -0.39 is 5.60 Å². The monoisotopic (exact) mass is 438 g/mol. The van der Waals surface area contributed by atoms with Gasteiger partial charge in [-0.25, -0.2) is 4.79 Å². The first-order valence-corrected chi connectivity index (χ1v) is 11.0. The Balaban J connectivity index is 1.50. The molecular weight excluding hydrogens is 408 g/mol. The van der Waals surface area contributed by atoms with Crippen molar-refractivity contribution < 1.29 is 24.2 Å². The smallest absolute Gasteiger partial charge is 0.410 e. The standard InChI is InChI=1S/C25H30N2O5/c1-25(2,3)32-24(30)27-11-10-21(16-4-7-19(28)8-5-16)18(14-27)15-31-20-9-6-17-13-26-23(29)22(17)12-20/h4-9,12,18,21,28H,10-11,13-15H2,1-3H3,(H,26,29). The second-order valence-corrected chi connectivity index (χ2v) is 9.49. The Bertz CT molecular complexity index is 996. The van der Waals surface area contributed by atoms with Crippen LogP contribution in [0.25, 0.3) is 0 Å². The summed E-state index contributed by atoms with van der Waals surface area (Å²) in [5.41, 5.74) is 2.17. The van der Waals surface area contributed by atoms with Crippen LogP contribution in [0.1, 0.15) is 54.6 Å². The van der Waals surface area contributed by atoms with Crippen molar-refractivity contribution in [2.75, 3.05) is 19.7 Å². The van der Waals surface area contributed by atoms with Crippen molar-refractivity contribution in [3.05, 3.63) is 59.2 Å².